The predicted molar refractivity (Wildman–Crippen MR) is 96.3 cm³/mol. The van der Waals surface area contributed by atoms with E-state index in [1.54, 1.807) is 36.8 Å². The molecule has 3 heterocycles. The van der Waals surface area contributed by atoms with E-state index >= 15 is 0 Å². The highest BCUT2D eigenvalue weighted by atomic mass is 19.1. The number of nitrogens with one attached hydrogen (secondary N) is 1. The molecular formula is C19H18FN5O. The lowest BCUT2D eigenvalue weighted by molar-refractivity contribution is 0.0741. The normalized spacial score (nSPS) is 14.5. The van der Waals surface area contributed by atoms with Crippen LogP contribution in [-0.4, -0.2) is 51.9 Å². The van der Waals surface area contributed by atoms with Crippen molar-refractivity contribution in [2.24, 2.45) is 0 Å². The number of H-pyrrole nitrogens is 1. The Bertz CT molecular complexity index is 886. The maximum atomic E-state index is 13.1. The van der Waals surface area contributed by atoms with Crippen LogP contribution >= 0.6 is 0 Å². The number of benzene rings is 1. The van der Waals surface area contributed by atoms with Crippen LogP contribution in [-0.2, 0) is 0 Å². The number of hydrogen-bond acceptors (Lipinski definition) is 4. The summed E-state index contributed by atoms with van der Waals surface area (Å²) < 4.78 is 13.1. The molecule has 0 aliphatic carbocycles. The first-order chi connectivity index (χ1) is 12.7. The number of aromatic amines is 1. The molecule has 0 unspecified atom stereocenters. The second-order valence-corrected chi connectivity index (χ2v) is 6.14. The van der Waals surface area contributed by atoms with Crippen molar-refractivity contribution in [3.63, 3.8) is 0 Å². The average Bonchev–Trinajstić information content (AvgIpc) is 3.19. The Morgan fingerprint density at radius 1 is 1.00 bits per heavy atom. The minimum atomic E-state index is -0.277. The van der Waals surface area contributed by atoms with Crippen LogP contribution < -0.4 is 4.90 Å². The van der Waals surface area contributed by atoms with E-state index in [2.05, 4.69) is 19.9 Å². The topological polar surface area (TPSA) is 65.1 Å². The standard InChI is InChI=1S/C19H18FN5O/c20-16-4-2-14(3-5-16)15-12-17(23-13-15)18(26)24-8-10-25(11-9-24)19-21-6-1-7-22-19/h1-7,12-13,23H,8-11H2. The number of piperazine rings is 1. The number of aromatic nitrogens is 3. The molecule has 1 aliphatic rings. The first-order valence-corrected chi connectivity index (χ1v) is 8.46. The highest BCUT2D eigenvalue weighted by Gasteiger charge is 2.24. The number of carbonyl (C=O) groups is 1. The maximum absolute atomic E-state index is 13.1. The van der Waals surface area contributed by atoms with Crippen LogP contribution in [0.1, 0.15) is 10.5 Å². The maximum Gasteiger partial charge on any atom is 0.270 e. The lowest BCUT2D eigenvalue weighted by Gasteiger charge is -2.34. The molecular weight excluding hydrogens is 333 g/mol. The highest BCUT2D eigenvalue weighted by Crippen LogP contribution is 2.21. The first kappa shape index (κ1) is 16.3. The summed E-state index contributed by atoms with van der Waals surface area (Å²) in [6.45, 7) is 2.62. The van der Waals surface area contributed by atoms with Crippen LogP contribution in [0.2, 0.25) is 0 Å². The molecule has 0 bridgehead atoms. The van der Waals surface area contributed by atoms with E-state index in [4.69, 9.17) is 0 Å². The van der Waals surface area contributed by atoms with Crippen molar-refractivity contribution < 1.29 is 9.18 Å². The van der Waals surface area contributed by atoms with Gasteiger partial charge >= 0.3 is 0 Å². The number of rotatable bonds is 3. The molecule has 1 saturated heterocycles. The zero-order valence-electron chi connectivity index (χ0n) is 14.1. The quantitative estimate of drug-likeness (QED) is 0.788. The van der Waals surface area contributed by atoms with Gasteiger partial charge in [0.05, 0.1) is 0 Å². The summed E-state index contributed by atoms with van der Waals surface area (Å²) in [7, 11) is 0. The summed E-state index contributed by atoms with van der Waals surface area (Å²) >= 11 is 0. The van der Waals surface area contributed by atoms with Crippen molar-refractivity contribution in [1.29, 1.82) is 0 Å². The molecule has 1 fully saturated rings. The summed E-state index contributed by atoms with van der Waals surface area (Å²) in [4.78, 5) is 28.2. The van der Waals surface area contributed by atoms with Gasteiger partial charge in [0.2, 0.25) is 5.95 Å². The number of amides is 1. The molecule has 1 N–H and O–H groups in total. The van der Waals surface area contributed by atoms with Crippen LogP contribution in [0.5, 0.6) is 0 Å². The van der Waals surface area contributed by atoms with Crippen LogP contribution in [0.15, 0.2) is 55.0 Å². The Kier molecular flexibility index (Phi) is 4.35. The molecule has 0 radical (unpaired) electrons. The minimum absolute atomic E-state index is 0.0352. The van der Waals surface area contributed by atoms with Crippen molar-refractivity contribution in [3.8, 4) is 11.1 Å². The highest BCUT2D eigenvalue weighted by molar-refractivity contribution is 5.94. The minimum Gasteiger partial charge on any atom is -0.357 e. The van der Waals surface area contributed by atoms with Gasteiger partial charge in [0.1, 0.15) is 11.5 Å². The van der Waals surface area contributed by atoms with Crippen molar-refractivity contribution in [1.82, 2.24) is 19.9 Å². The van der Waals surface area contributed by atoms with Crippen LogP contribution in [0.3, 0.4) is 0 Å². The van der Waals surface area contributed by atoms with E-state index in [-0.39, 0.29) is 11.7 Å². The second kappa shape index (κ2) is 6.95. The van der Waals surface area contributed by atoms with E-state index in [1.807, 2.05) is 11.0 Å². The van der Waals surface area contributed by atoms with Gasteiger partial charge in [-0.3, -0.25) is 4.79 Å². The van der Waals surface area contributed by atoms with Gasteiger partial charge in [0.25, 0.3) is 5.91 Å². The fraction of sp³-hybridized carbons (Fsp3) is 0.211. The van der Waals surface area contributed by atoms with Gasteiger partial charge in [0.15, 0.2) is 0 Å². The first-order valence-electron chi connectivity index (χ1n) is 8.46. The van der Waals surface area contributed by atoms with Crippen LogP contribution in [0, 0.1) is 5.82 Å². The Morgan fingerprint density at radius 2 is 1.69 bits per heavy atom. The Hall–Kier alpha value is -3.22. The Labute approximate surface area is 150 Å². The lowest BCUT2D eigenvalue weighted by Crippen LogP contribution is -2.49. The van der Waals surface area contributed by atoms with E-state index < -0.39 is 0 Å². The summed E-state index contributed by atoms with van der Waals surface area (Å²) in [6, 6.07) is 9.82. The number of halogens is 1. The molecule has 3 aromatic rings. The van der Waals surface area contributed by atoms with Gasteiger partial charge in [0, 0.05) is 44.8 Å². The summed E-state index contributed by atoms with van der Waals surface area (Å²) in [6.07, 6.45) is 5.21. The van der Waals surface area contributed by atoms with Gasteiger partial charge in [-0.15, -0.1) is 0 Å². The molecule has 1 aliphatic heterocycles. The van der Waals surface area contributed by atoms with Gasteiger partial charge in [-0.05, 0) is 35.4 Å². The van der Waals surface area contributed by atoms with Crippen molar-refractivity contribution in [2.45, 2.75) is 0 Å². The smallest absolute Gasteiger partial charge is 0.270 e. The second-order valence-electron chi connectivity index (χ2n) is 6.14. The molecule has 132 valence electrons. The van der Waals surface area contributed by atoms with E-state index in [0.29, 0.717) is 37.8 Å². The fourth-order valence-electron chi connectivity index (χ4n) is 3.06. The summed E-state index contributed by atoms with van der Waals surface area (Å²) in [5, 5.41) is 0. The summed E-state index contributed by atoms with van der Waals surface area (Å²) in [5.41, 5.74) is 2.27. The van der Waals surface area contributed by atoms with Gasteiger partial charge in [-0.2, -0.15) is 0 Å². The van der Waals surface area contributed by atoms with Crippen molar-refractivity contribution in [2.75, 3.05) is 31.1 Å². The average molecular weight is 351 g/mol. The predicted octanol–water partition coefficient (Wildman–Crippen LogP) is 2.57. The Balaban J connectivity index is 1.42. The van der Waals surface area contributed by atoms with Crippen molar-refractivity contribution >= 4 is 11.9 Å². The molecule has 26 heavy (non-hydrogen) atoms. The number of carbonyl (C=O) groups excluding carboxylic acids is 1. The number of hydrogen-bond donors (Lipinski definition) is 1. The van der Waals surface area contributed by atoms with Gasteiger partial charge < -0.3 is 14.8 Å². The lowest BCUT2D eigenvalue weighted by atomic mass is 10.1. The molecule has 0 atom stereocenters. The van der Waals surface area contributed by atoms with Crippen molar-refractivity contribution in [3.05, 3.63) is 66.5 Å². The monoisotopic (exact) mass is 351 g/mol. The fourth-order valence-corrected chi connectivity index (χ4v) is 3.06. The molecule has 1 amide bonds. The SMILES string of the molecule is O=C(c1cc(-c2ccc(F)cc2)c[nH]1)N1CCN(c2ncccn2)CC1. The third-order valence-corrected chi connectivity index (χ3v) is 4.49. The molecule has 7 heteroatoms. The molecule has 4 rings (SSSR count). The van der Waals surface area contributed by atoms with Gasteiger partial charge in [-0.1, -0.05) is 12.1 Å². The van der Waals surface area contributed by atoms with Gasteiger partial charge in [-0.25, -0.2) is 14.4 Å². The molecule has 6 nitrogen and oxygen atoms in total. The number of anilines is 1. The van der Waals surface area contributed by atoms with E-state index in [9.17, 15) is 9.18 Å². The Morgan fingerprint density at radius 3 is 2.38 bits per heavy atom. The van der Waals surface area contributed by atoms with Crippen LogP contribution in [0.4, 0.5) is 10.3 Å². The molecule has 0 saturated carbocycles. The van der Waals surface area contributed by atoms with E-state index in [0.717, 1.165) is 11.1 Å². The molecule has 2 aromatic heterocycles. The molecule has 1 aromatic carbocycles. The zero-order valence-corrected chi connectivity index (χ0v) is 14.1. The van der Waals surface area contributed by atoms with E-state index in [1.165, 1.54) is 12.1 Å². The largest absolute Gasteiger partial charge is 0.357 e. The number of nitrogens with zero attached hydrogens (tertiary/aromatic N) is 4. The zero-order chi connectivity index (χ0) is 17.9. The molecule has 0 spiro atoms. The van der Waals surface area contributed by atoms with Crippen LogP contribution in [0.25, 0.3) is 11.1 Å². The third-order valence-electron chi connectivity index (χ3n) is 4.49. The summed E-state index contributed by atoms with van der Waals surface area (Å²) in [5.74, 6) is 0.380. The third kappa shape index (κ3) is 3.28.